The summed E-state index contributed by atoms with van der Waals surface area (Å²) in [6, 6.07) is 7.76. The van der Waals surface area contributed by atoms with Crippen LogP contribution in [-0.2, 0) is 5.75 Å². The molecule has 0 aliphatic rings. The summed E-state index contributed by atoms with van der Waals surface area (Å²) < 4.78 is 0. The van der Waals surface area contributed by atoms with Crippen LogP contribution >= 0.6 is 23.4 Å². The van der Waals surface area contributed by atoms with Gasteiger partial charge in [-0.25, -0.2) is 0 Å². The summed E-state index contributed by atoms with van der Waals surface area (Å²) in [5.41, 5.74) is 6.74. The highest BCUT2D eigenvalue weighted by Gasteiger charge is 2.00. The molecule has 0 saturated heterocycles. The van der Waals surface area contributed by atoms with E-state index in [-0.39, 0.29) is 0 Å². The summed E-state index contributed by atoms with van der Waals surface area (Å²) in [7, 11) is 0. The van der Waals surface area contributed by atoms with Crippen molar-refractivity contribution in [2.45, 2.75) is 12.7 Å². The first-order valence-corrected chi connectivity index (χ1v) is 5.76. The Morgan fingerprint density at radius 3 is 2.86 bits per heavy atom. The van der Waals surface area contributed by atoms with E-state index in [0.29, 0.717) is 5.17 Å². The van der Waals surface area contributed by atoms with Crippen molar-refractivity contribution in [2.24, 2.45) is 10.7 Å². The van der Waals surface area contributed by atoms with Crippen molar-refractivity contribution >= 4 is 28.5 Å². The number of thioether (sulfide) groups is 1. The van der Waals surface area contributed by atoms with Gasteiger partial charge in [-0.3, -0.25) is 4.99 Å². The third kappa shape index (κ3) is 3.60. The number of rotatable bonds is 3. The van der Waals surface area contributed by atoms with Crippen LogP contribution in [0.5, 0.6) is 0 Å². The zero-order valence-electron chi connectivity index (χ0n) is 8.03. The lowest BCUT2D eigenvalue weighted by Gasteiger charge is -2.02. The molecule has 2 N–H and O–H groups in total. The molecule has 4 heteroatoms. The van der Waals surface area contributed by atoms with Crippen LogP contribution in [0.1, 0.15) is 12.5 Å². The maximum absolute atomic E-state index is 5.99. The van der Waals surface area contributed by atoms with Gasteiger partial charge in [0.15, 0.2) is 5.17 Å². The van der Waals surface area contributed by atoms with Gasteiger partial charge in [0.2, 0.25) is 0 Å². The molecular weight excluding hydrogens is 216 g/mol. The minimum atomic E-state index is 0.618. The van der Waals surface area contributed by atoms with Gasteiger partial charge in [0.05, 0.1) is 0 Å². The standard InChI is InChI=1S/C10H13ClN2S/c1-2-13-10(12)14-7-8-5-3-4-6-9(8)11/h3-6H,2,7H2,1H3,(H2,12,13). The van der Waals surface area contributed by atoms with Crippen LogP contribution in [0.15, 0.2) is 29.3 Å². The van der Waals surface area contributed by atoms with Crippen molar-refractivity contribution in [3.05, 3.63) is 34.9 Å². The van der Waals surface area contributed by atoms with Gasteiger partial charge in [0.25, 0.3) is 0 Å². The summed E-state index contributed by atoms with van der Waals surface area (Å²) in [4.78, 5) is 4.08. The number of amidine groups is 1. The van der Waals surface area contributed by atoms with E-state index in [1.165, 1.54) is 11.8 Å². The zero-order valence-corrected chi connectivity index (χ0v) is 9.61. The van der Waals surface area contributed by atoms with Gasteiger partial charge in [0, 0.05) is 17.3 Å². The predicted octanol–water partition coefficient (Wildman–Crippen LogP) is 2.91. The quantitative estimate of drug-likeness (QED) is 0.638. The average Bonchev–Trinajstić information content (AvgIpc) is 2.17. The van der Waals surface area contributed by atoms with Crippen molar-refractivity contribution in [1.82, 2.24) is 0 Å². The van der Waals surface area contributed by atoms with Crippen LogP contribution in [0.2, 0.25) is 5.02 Å². The molecule has 0 bridgehead atoms. The number of benzene rings is 1. The number of halogens is 1. The predicted molar refractivity (Wildman–Crippen MR) is 64.9 cm³/mol. The van der Waals surface area contributed by atoms with Crippen LogP contribution in [-0.4, -0.2) is 11.7 Å². The van der Waals surface area contributed by atoms with Crippen molar-refractivity contribution in [3.8, 4) is 0 Å². The maximum Gasteiger partial charge on any atom is 0.154 e. The van der Waals surface area contributed by atoms with Gasteiger partial charge in [-0.15, -0.1) is 0 Å². The molecule has 14 heavy (non-hydrogen) atoms. The molecule has 0 atom stereocenters. The van der Waals surface area contributed by atoms with Crippen molar-refractivity contribution < 1.29 is 0 Å². The van der Waals surface area contributed by atoms with E-state index in [1.54, 1.807) is 0 Å². The van der Waals surface area contributed by atoms with Gasteiger partial charge in [-0.05, 0) is 18.6 Å². The molecule has 1 aromatic rings. The molecule has 1 rings (SSSR count). The highest BCUT2D eigenvalue weighted by atomic mass is 35.5. The molecule has 76 valence electrons. The Hall–Kier alpha value is -0.670. The number of hydrogen-bond acceptors (Lipinski definition) is 2. The van der Waals surface area contributed by atoms with Gasteiger partial charge >= 0.3 is 0 Å². The average molecular weight is 229 g/mol. The van der Waals surface area contributed by atoms with Crippen LogP contribution in [0, 0.1) is 0 Å². The summed E-state index contributed by atoms with van der Waals surface area (Å²) in [5, 5.41) is 1.40. The summed E-state index contributed by atoms with van der Waals surface area (Å²) in [6.45, 7) is 2.68. The minimum Gasteiger partial charge on any atom is -0.379 e. The van der Waals surface area contributed by atoms with E-state index in [1.807, 2.05) is 31.2 Å². The van der Waals surface area contributed by atoms with Crippen LogP contribution in [0.3, 0.4) is 0 Å². The topological polar surface area (TPSA) is 38.4 Å². The molecule has 0 amide bonds. The fourth-order valence-corrected chi connectivity index (χ4v) is 2.03. The molecule has 0 unspecified atom stereocenters. The van der Waals surface area contributed by atoms with Crippen LogP contribution in [0.25, 0.3) is 0 Å². The van der Waals surface area contributed by atoms with Crippen LogP contribution < -0.4 is 5.73 Å². The summed E-state index contributed by atoms with van der Waals surface area (Å²) in [6.07, 6.45) is 0. The van der Waals surface area contributed by atoms with Crippen molar-refractivity contribution in [3.63, 3.8) is 0 Å². The highest BCUT2D eigenvalue weighted by molar-refractivity contribution is 8.13. The van der Waals surface area contributed by atoms with Crippen LogP contribution in [0.4, 0.5) is 0 Å². The number of nitrogens with two attached hydrogens (primary N) is 1. The molecule has 0 saturated carbocycles. The van der Waals surface area contributed by atoms with E-state index >= 15 is 0 Å². The van der Waals surface area contributed by atoms with E-state index in [4.69, 9.17) is 17.3 Å². The lowest BCUT2D eigenvalue weighted by Crippen LogP contribution is -2.07. The Balaban J connectivity index is 2.54. The van der Waals surface area contributed by atoms with Gasteiger partial charge < -0.3 is 5.73 Å². The van der Waals surface area contributed by atoms with E-state index < -0.39 is 0 Å². The molecule has 2 nitrogen and oxygen atoms in total. The number of aliphatic imine (C=N–C) groups is 1. The Kier molecular flexibility index (Phi) is 4.84. The molecule has 0 heterocycles. The fraction of sp³-hybridized carbons (Fsp3) is 0.300. The van der Waals surface area contributed by atoms with Gasteiger partial charge in [-0.1, -0.05) is 41.6 Å². The van der Waals surface area contributed by atoms with E-state index in [9.17, 15) is 0 Å². The molecule has 0 fully saturated rings. The van der Waals surface area contributed by atoms with Gasteiger partial charge in [0.1, 0.15) is 0 Å². The molecule has 0 radical (unpaired) electrons. The number of nitrogens with zero attached hydrogens (tertiary/aromatic N) is 1. The second-order valence-electron chi connectivity index (χ2n) is 2.69. The smallest absolute Gasteiger partial charge is 0.154 e. The molecule has 0 aliphatic heterocycles. The summed E-state index contributed by atoms with van der Waals surface area (Å²) in [5.74, 6) is 0.773. The SMILES string of the molecule is CCN=C(N)SCc1ccccc1Cl. The van der Waals surface area contributed by atoms with Crippen molar-refractivity contribution in [2.75, 3.05) is 6.54 Å². The van der Waals surface area contributed by atoms with Crippen molar-refractivity contribution in [1.29, 1.82) is 0 Å². The summed E-state index contributed by atoms with van der Waals surface area (Å²) >= 11 is 7.50. The first-order valence-electron chi connectivity index (χ1n) is 4.40. The fourth-order valence-electron chi connectivity index (χ4n) is 0.969. The first kappa shape index (κ1) is 11.4. The lowest BCUT2D eigenvalue weighted by molar-refractivity contribution is 1.13. The third-order valence-electron chi connectivity index (χ3n) is 1.65. The number of hydrogen-bond donors (Lipinski definition) is 1. The first-order chi connectivity index (χ1) is 6.74. The molecule has 0 spiro atoms. The lowest BCUT2D eigenvalue weighted by atomic mass is 10.2. The van der Waals surface area contributed by atoms with Gasteiger partial charge in [-0.2, -0.15) is 0 Å². The molecule has 1 aromatic carbocycles. The zero-order chi connectivity index (χ0) is 10.4. The Bertz CT molecular complexity index is 326. The molecular formula is C10H13ClN2S. The second-order valence-corrected chi connectivity index (χ2v) is 4.10. The largest absolute Gasteiger partial charge is 0.379 e. The molecule has 0 aliphatic carbocycles. The molecule has 0 aromatic heterocycles. The Labute approximate surface area is 93.6 Å². The highest BCUT2D eigenvalue weighted by Crippen LogP contribution is 2.20. The normalized spacial score (nSPS) is 11.7. The Morgan fingerprint density at radius 2 is 2.21 bits per heavy atom. The monoisotopic (exact) mass is 228 g/mol. The Morgan fingerprint density at radius 1 is 1.50 bits per heavy atom. The third-order valence-corrected chi connectivity index (χ3v) is 2.90. The minimum absolute atomic E-state index is 0.618. The van der Waals surface area contributed by atoms with E-state index in [2.05, 4.69) is 4.99 Å². The maximum atomic E-state index is 5.99. The second kappa shape index (κ2) is 5.94. The van der Waals surface area contributed by atoms with E-state index in [0.717, 1.165) is 22.9 Å².